The van der Waals surface area contributed by atoms with E-state index in [9.17, 15) is 4.39 Å². The third-order valence-corrected chi connectivity index (χ3v) is 3.20. The van der Waals surface area contributed by atoms with E-state index in [-0.39, 0.29) is 17.3 Å². The first-order valence-corrected chi connectivity index (χ1v) is 6.30. The second-order valence-electron chi connectivity index (χ2n) is 5.92. The lowest BCUT2D eigenvalue weighted by atomic mass is 9.88. The lowest BCUT2D eigenvalue weighted by Gasteiger charge is -2.27. The molecule has 0 amide bonds. The standard InChI is InChI=1S/C15H24FN/c1-11(10-17-15(3,4)5)12(2)13-8-6-7-9-14(13)16/h6-9,11-12,17H,10H2,1-5H3. The molecule has 1 nitrogen and oxygen atoms in total. The maximum Gasteiger partial charge on any atom is 0.126 e. The summed E-state index contributed by atoms with van der Waals surface area (Å²) >= 11 is 0. The molecule has 17 heavy (non-hydrogen) atoms. The maximum atomic E-state index is 13.7. The highest BCUT2D eigenvalue weighted by Crippen LogP contribution is 2.26. The molecule has 0 radical (unpaired) electrons. The van der Waals surface area contributed by atoms with Crippen molar-refractivity contribution in [3.63, 3.8) is 0 Å². The van der Waals surface area contributed by atoms with Crippen molar-refractivity contribution in [1.82, 2.24) is 5.32 Å². The molecule has 2 atom stereocenters. The quantitative estimate of drug-likeness (QED) is 0.836. The fourth-order valence-electron chi connectivity index (χ4n) is 1.79. The SMILES string of the molecule is CC(CNC(C)(C)C)C(C)c1ccccc1F. The average molecular weight is 237 g/mol. The Morgan fingerprint density at radius 2 is 1.76 bits per heavy atom. The Kier molecular flexibility index (Phi) is 4.70. The topological polar surface area (TPSA) is 12.0 Å². The van der Waals surface area contributed by atoms with Gasteiger partial charge in [-0.25, -0.2) is 4.39 Å². The normalized spacial score (nSPS) is 15.6. The molecule has 0 aliphatic rings. The third kappa shape index (κ3) is 4.47. The van der Waals surface area contributed by atoms with Gasteiger partial charge in [-0.05, 0) is 50.8 Å². The Labute approximate surface area is 104 Å². The molecule has 1 rings (SSSR count). The summed E-state index contributed by atoms with van der Waals surface area (Å²) in [5.41, 5.74) is 0.930. The lowest BCUT2D eigenvalue weighted by Crippen LogP contribution is -2.39. The van der Waals surface area contributed by atoms with Crippen LogP contribution in [0.15, 0.2) is 24.3 Å². The van der Waals surface area contributed by atoms with E-state index < -0.39 is 0 Å². The van der Waals surface area contributed by atoms with Gasteiger partial charge in [-0.15, -0.1) is 0 Å². The molecule has 0 saturated heterocycles. The first kappa shape index (κ1) is 14.2. The second kappa shape index (κ2) is 5.63. The highest BCUT2D eigenvalue weighted by molar-refractivity contribution is 5.21. The molecule has 0 aliphatic carbocycles. The average Bonchev–Trinajstić information content (AvgIpc) is 2.24. The van der Waals surface area contributed by atoms with Gasteiger partial charge in [0.2, 0.25) is 0 Å². The van der Waals surface area contributed by atoms with Gasteiger partial charge < -0.3 is 5.32 Å². The van der Waals surface area contributed by atoms with Crippen LogP contribution in [-0.4, -0.2) is 12.1 Å². The summed E-state index contributed by atoms with van der Waals surface area (Å²) in [5.74, 6) is 0.541. The molecule has 1 aromatic rings. The number of benzene rings is 1. The molecule has 0 fully saturated rings. The predicted molar refractivity (Wildman–Crippen MR) is 71.7 cm³/mol. The minimum absolute atomic E-state index is 0.0948. The van der Waals surface area contributed by atoms with Crippen LogP contribution < -0.4 is 5.32 Å². The van der Waals surface area contributed by atoms with E-state index in [2.05, 4.69) is 39.9 Å². The van der Waals surface area contributed by atoms with Gasteiger partial charge in [0.05, 0.1) is 0 Å². The molecule has 0 aromatic heterocycles. The zero-order valence-corrected chi connectivity index (χ0v) is 11.5. The van der Waals surface area contributed by atoms with Gasteiger partial charge in [0.25, 0.3) is 0 Å². The summed E-state index contributed by atoms with van der Waals surface area (Å²) in [4.78, 5) is 0. The van der Waals surface area contributed by atoms with Crippen LogP contribution >= 0.6 is 0 Å². The van der Waals surface area contributed by atoms with Crippen molar-refractivity contribution in [1.29, 1.82) is 0 Å². The van der Waals surface area contributed by atoms with Crippen LogP contribution in [0, 0.1) is 11.7 Å². The number of rotatable bonds is 4. The largest absolute Gasteiger partial charge is 0.312 e. The van der Waals surface area contributed by atoms with Gasteiger partial charge in [-0.1, -0.05) is 32.0 Å². The van der Waals surface area contributed by atoms with E-state index in [4.69, 9.17) is 0 Å². The highest BCUT2D eigenvalue weighted by Gasteiger charge is 2.19. The Morgan fingerprint density at radius 1 is 1.18 bits per heavy atom. The fourth-order valence-corrected chi connectivity index (χ4v) is 1.79. The van der Waals surface area contributed by atoms with Crippen LogP contribution in [0.3, 0.4) is 0 Å². The van der Waals surface area contributed by atoms with Crippen molar-refractivity contribution in [2.45, 2.75) is 46.1 Å². The zero-order valence-electron chi connectivity index (χ0n) is 11.5. The molecular weight excluding hydrogens is 213 g/mol. The minimum atomic E-state index is -0.0948. The van der Waals surface area contributed by atoms with E-state index in [1.807, 2.05) is 12.1 Å². The van der Waals surface area contributed by atoms with Crippen LogP contribution in [0.1, 0.15) is 46.1 Å². The van der Waals surface area contributed by atoms with Gasteiger partial charge in [0.1, 0.15) is 5.82 Å². The van der Waals surface area contributed by atoms with Crippen LogP contribution in [0.25, 0.3) is 0 Å². The minimum Gasteiger partial charge on any atom is -0.312 e. The first-order chi connectivity index (χ1) is 7.81. The van der Waals surface area contributed by atoms with Gasteiger partial charge in [0.15, 0.2) is 0 Å². The summed E-state index contributed by atoms with van der Waals surface area (Å²) in [5, 5.41) is 3.47. The molecule has 0 aliphatic heterocycles. The van der Waals surface area contributed by atoms with Crippen molar-refractivity contribution in [2.75, 3.05) is 6.54 Å². The van der Waals surface area contributed by atoms with Crippen LogP contribution in [0.2, 0.25) is 0 Å². The molecule has 1 aromatic carbocycles. The molecule has 0 saturated carbocycles. The van der Waals surface area contributed by atoms with E-state index in [1.54, 1.807) is 6.07 Å². The lowest BCUT2D eigenvalue weighted by molar-refractivity contribution is 0.355. The van der Waals surface area contributed by atoms with Gasteiger partial charge in [-0.2, -0.15) is 0 Å². The van der Waals surface area contributed by atoms with Crippen molar-refractivity contribution < 1.29 is 4.39 Å². The van der Waals surface area contributed by atoms with Crippen LogP contribution in [-0.2, 0) is 0 Å². The number of halogens is 1. The number of hydrogen-bond donors (Lipinski definition) is 1. The molecule has 0 spiro atoms. The Balaban J connectivity index is 2.64. The molecule has 96 valence electrons. The molecule has 1 N–H and O–H groups in total. The second-order valence-corrected chi connectivity index (χ2v) is 5.92. The molecule has 2 heteroatoms. The van der Waals surface area contributed by atoms with Crippen molar-refractivity contribution in [2.24, 2.45) is 5.92 Å². The van der Waals surface area contributed by atoms with E-state index in [0.29, 0.717) is 5.92 Å². The zero-order chi connectivity index (χ0) is 13.1. The van der Waals surface area contributed by atoms with Crippen LogP contribution in [0.4, 0.5) is 4.39 Å². The van der Waals surface area contributed by atoms with E-state index in [1.165, 1.54) is 6.07 Å². The van der Waals surface area contributed by atoms with Gasteiger partial charge in [0, 0.05) is 5.54 Å². The summed E-state index contributed by atoms with van der Waals surface area (Å²) in [6, 6.07) is 7.06. The monoisotopic (exact) mass is 237 g/mol. The third-order valence-electron chi connectivity index (χ3n) is 3.20. The number of nitrogens with one attached hydrogen (secondary N) is 1. The van der Waals surface area contributed by atoms with Gasteiger partial charge in [-0.3, -0.25) is 0 Å². The summed E-state index contributed by atoms with van der Waals surface area (Å²) in [6.07, 6.45) is 0. The Hall–Kier alpha value is -0.890. The van der Waals surface area contributed by atoms with Crippen LogP contribution in [0.5, 0.6) is 0 Å². The van der Waals surface area contributed by atoms with Crippen molar-refractivity contribution >= 4 is 0 Å². The van der Waals surface area contributed by atoms with E-state index >= 15 is 0 Å². The van der Waals surface area contributed by atoms with Crippen molar-refractivity contribution in [3.8, 4) is 0 Å². The highest BCUT2D eigenvalue weighted by atomic mass is 19.1. The smallest absolute Gasteiger partial charge is 0.126 e. The van der Waals surface area contributed by atoms with Crippen molar-refractivity contribution in [3.05, 3.63) is 35.6 Å². The summed E-state index contributed by atoms with van der Waals surface area (Å²) in [7, 11) is 0. The summed E-state index contributed by atoms with van der Waals surface area (Å²) < 4.78 is 13.7. The van der Waals surface area contributed by atoms with E-state index in [0.717, 1.165) is 12.1 Å². The molecule has 0 heterocycles. The Bertz CT molecular complexity index is 354. The fraction of sp³-hybridized carbons (Fsp3) is 0.600. The molecular formula is C15H24FN. The molecule has 0 bridgehead atoms. The predicted octanol–water partition coefficient (Wildman–Crippen LogP) is 3.95. The number of hydrogen-bond acceptors (Lipinski definition) is 1. The van der Waals surface area contributed by atoms with Gasteiger partial charge >= 0.3 is 0 Å². The maximum absolute atomic E-state index is 13.7. The Morgan fingerprint density at radius 3 is 2.29 bits per heavy atom. The first-order valence-electron chi connectivity index (χ1n) is 6.30. The molecule has 2 unspecified atom stereocenters. The summed E-state index contributed by atoms with van der Waals surface area (Å²) in [6.45, 7) is 11.6.